The zero-order valence-electron chi connectivity index (χ0n) is 19.8. The van der Waals surface area contributed by atoms with Crippen molar-refractivity contribution in [1.82, 2.24) is 20.1 Å². The zero-order chi connectivity index (χ0) is 23.7. The number of allylic oxidation sites excluding steroid dienone is 2. The van der Waals surface area contributed by atoms with Crippen LogP contribution in [0.2, 0.25) is 0 Å². The number of hydrogen-bond donors (Lipinski definition) is 2. The van der Waals surface area contributed by atoms with Gasteiger partial charge in [0.05, 0.1) is 23.2 Å². The predicted molar refractivity (Wildman–Crippen MR) is 135 cm³/mol. The van der Waals surface area contributed by atoms with Crippen molar-refractivity contribution in [2.24, 2.45) is 5.92 Å². The molecule has 0 amide bonds. The lowest BCUT2D eigenvalue weighted by Crippen LogP contribution is -2.32. The van der Waals surface area contributed by atoms with Gasteiger partial charge in [-0.3, -0.25) is 15.2 Å². The Hall–Kier alpha value is -3.38. The summed E-state index contributed by atoms with van der Waals surface area (Å²) in [6.07, 6.45) is 7.52. The molecule has 6 heteroatoms. The maximum atomic E-state index is 12.8. The maximum Gasteiger partial charge on any atom is 0.163 e. The molecule has 5 rings (SSSR count). The van der Waals surface area contributed by atoms with Crippen molar-refractivity contribution in [3.8, 4) is 22.4 Å². The average Bonchev–Trinajstić information content (AvgIpc) is 3.31. The highest BCUT2D eigenvalue weighted by Crippen LogP contribution is 2.38. The highest BCUT2D eigenvalue weighted by atomic mass is 16.1. The van der Waals surface area contributed by atoms with E-state index < -0.39 is 0 Å². The molecule has 0 radical (unpaired) electrons. The Morgan fingerprint density at radius 1 is 1.03 bits per heavy atom. The van der Waals surface area contributed by atoms with E-state index in [1.165, 1.54) is 0 Å². The number of Topliss-reactive ketones (excluding diaryl/α,β-unsaturated/α-hetero) is 1. The van der Waals surface area contributed by atoms with E-state index in [2.05, 4.69) is 35.5 Å². The van der Waals surface area contributed by atoms with Crippen LogP contribution in [0.15, 0.2) is 66.0 Å². The van der Waals surface area contributed by atoms with Crippen LogP contribution in [0.5, 0.6) is 0 Å². The molecule has 0 bridgehead atoms. The lowest BCUT2D eigenvalue weighted by Gasteiger charge is -2.30. The Balaban J connectivity index is 1.55. The molecule has 0 saturated carbocycles. The summed E-state index contributed by atoms with van der Waals surface area (Å²) in [7, 11) is 0. The minimum Gasteiger partial charge on any atom is -0.317 e. The van der Waals surface area contributed by atoms with Crippen molar-refractivity contribution < 1.29 is 4.79 Å². The highest BCUT2D eigenvalue weighted by Gasteiger charge is 2.31. The Bertz CT molecular complexity index is 1230. The molecule has 34 heavy (non-hydrogen) atoms. The molecule has 1 fully saturated rings. The Morgan fingerprint density at radius 2 is 1.79 bits per heavy atom. The first-order valence-corrected chi connectivity index (χ1v) is 12.2. The van der Waals surface area contributed by atoms with E-state index >= 15 is 0 Å². The van der Waals surface area contributed by atoms with Crippen molar-refractivity contribution >= 4 is 11.6 Å². The Kier molecular flexibility index (Phi) is 6.24. The van der Waals surface area contributed by atoms with Crippen LogP contribution in [-0.4, -0.2) is 39.5 Å². The molecular formula is C28H31N5O. The molecule has 2 aliphatic rings. The van der Waals surface area contributed by atoms with Gasteiger partial charge in [-0.2, -0.15) is 5.10 Å². The van der Waals surface area contributed by atoms with Crippen LogP contribution in [0.1, 0.15) is 51.1 Å². The van der Waals surface area contributed by atoms with Crippen molar-refractivity contribution in [2.45, 2.75) is 45.4 Å². The number of ketones is 1. The van der Waals surface area contributed by atoms with Gasteiger partial charge in [-0.15, -0.1) is 0 Å². The van der Waals surface area contributed by atoms with Crippen LogP contribution < -0.4 is 5.32 Å². The second kappa shape index (κ2) is 9.47. The second-order valence-electron chi connectivity index (χ2n) is 9.42. The van der Waals surface area contributed by atoms with Crippen LogP contribution in [0.25, 0.3) is 22.4 Å². The molecule has 6 nitrogen and oxygen atoms in total. The number of rotatable bonds is 4. The summed E-state index contributed by atoms with van der Waals surface area (Å²) in [5, 5.41) is 17.1. The SMILES string of the molecule is CC(=O)/C1=C(\C2CCNCC2)CCC(C)c2c(-c3ccc(-c4ccccc4)nc3)cnn2C1=N. The first-order chi connectivity index (χ1) is 16.5. The molecule has 2 aromatic heterocycles. The van der Waals surface area contributed by atoms with Gasteiger partial charge in [-0.1, -0.05) is 48.9 Å². The first-order valence-electron chi connectivity index (χ1n) is 12.2. The normalized spacial score (nSPS) is 21.6. The van der Waals surface area contributed by atoms with Gasteiger partial charge in [0.25, 0.3) is 0 Å². The molecule has 4 heterocycles. The Morgan fingerprint density at radius 3 is 2.47 bits per heavy atom. The van der Waals surface area contributed by atoms with E-state index in [0.29, 0.717) is 11.5 Å². The molecule has 1 saturated heterocycles. The number of carbonyl (C=O) groups is 1. The smallest absolute Gasteiger partial charge is 0.163 e. The summed E-state index contributed by atoms with van der Waals surface area (Å²) in [5.74, 6) is 0.739. The standard InChI is InChI=1S/C28H31N5O/c1-18-8-10-23(20-12-14-30-15-13-20)26(19(2)34)28(29)33-27(18)24(17-32-33)22-9-11-25(31-16-22)21-6-4-3-5-7-21/h3-7,9,11,16-18,20,29-30H,8,10,12-15H2,1-2H3/b26-23+,29-28?. The minimum absolute atomic E-state index is 0.0371. The fraction of sp³-hybridized carbons (Fsp3) is 0.357. The number of benzene rings is 1. The van der Waals surface area contributed by atoms with Gasteiger partial charge >= 0.3 is 0 Å². The van der Waals surface area contributed by atoms with Crippen LogP contribution in [-0.2, 0) is 4.79 Å². The van der Waals surface area contributed by atoms with E-state index in [4.69, 9.17) is 10.4 Å². The van der Waals surface area contributed by atoms with Crippen molar-refractivity contribution in [3.05, 3.63) is 71.7 Å². The summed E-state index contributed by atoms with van der Waals surface area (Å²) in [5.41, 5.74) is 6.67. The van der Waals surface area contributed by atoms with Crippen LogP contribution >= 0.6 is 0 Å². The topological polar surface area (TPSA) is 83.7 Å². The molecule has 0 aliphatic carbocycles. The number of carbonyl (C=O) groups excluding carboxylic acids is 1. The van der Waals surface area contributed by atoms with Gasteiger partial charge in [-0.25, -0.2) is 4.68 Å². The molecule has 1 unspecified atom stereocenters. The average molecular weight is 454 g/mol. The third kappa shape index (κ3) is 4.14. The number of hydrogen-bond acceptors (Lipinski definition) is 5. The van der Waals surface area contributed by atoms with Crippen LogP contribution in [0, 0.1) is 11.3 Å². The predicted octanol–water partition coefficient (Wildman–Crippen LogP) is 5.22. The van der Waals surface area contributed by atoms with E-state index in [0.717, 1.165) is 72.4 Å². The Labute approximate surface area is 200 Å². The van der Waals surface area contributed by atoms with Gasteiger partial charge in [-0.05, 0) is 63.6 Å². The number of aromatic nitrogens is 3. The lowest BCUT2D eigenvalue weighted by molar-refractivity contribution is -0.113. The van der Waals surface area contributed by atoms with E-state index in [-0.39, 0.29) is 17.5 Å². The van der Waals surface area contributed by atoms with Gasteiger partial charge in [0, 0.05) is 22.9 Å². The van der Waals surface area contributed by atoms with E-state index in [1.807, 2.05) is 36.7 Å². The highest BCUT2D eigenvalue weighted by molar-refractivity contribution is 6.21. The molecular weight excluding hydrogens is 422 g/mol. The summed E-state index contributed by atoms with van der Waals surface area (Å²) < 4.78 is 1.70. The van der Waals surface area contributed by atoms with Crippen molar-refractivity contribution in [2.75, 3.05) is 13.1 Å². The summed E-state index contributed by atoms with van der Waals surface area (Å²) in [4.78, 5) is 17.5. The van der Waals surface area contributed by atoms with E-state index in [9.17, 15) is 4.79 Å². The fourth-order valence-corrected chi connectivity index (χ4v) is 5.43. The molecule has 1 atom stereocenters. The van der Waals surface area contributed by atoms with Crippen LogP contribution in [0.4, 0.5) is 0 Å². The van der Waals surface area contributed by atoms with Gasteiger partial charge in [0.15, 0.2) is 11.6 Å². The van der Waals surface area contributed by atoms with Crippen molar-refractivity contribution in [1.29, 1.82) is 5.41 Å². The quantitative estimate of drug-likeness (QED) is 0.567. The minimum atomic E-state index is -0.0371. The van der Waals surface area contributed by atoms with Gasteiger partial charge in [0.1, 0.15) is 0 Å². The molecule has 2 aliphatic heterocycles. The maximum absolute atomic E-state index is 12.8. The van der Waals surface area contributed by atoms with Gasteiger partial charge < -0.3 is 5.32 Å². The number of fused-ring (bicyclic) bond motifs is 1. The molecule has 2 N–H and O–H groups in total. The largest absolute Gasteiger partial charge is 0.317 e. The summed E-state index contributed by atoms with van der Waals surface area (Å²) >= 11 is 0. The molecule has 174 valence electrons. The van der Waals surface area contributed by atoms with Crippen molar-refractivity contribution in [3.63, 3.8) is 0 Å². The second-order valence-corrected chi connectivity index (χ2v) is 9.42. The zero-order valence-corrected chi connectivity index (χ0v) is 19.8. The first kappa shape index (κ1) is 22.4. The fourth-order valence-electron chi connectivity index (χ4n) is 5.43. The number of nitrogens with one attached hydrogen (secondary N) is 2. The third-order valence-electron chi connectivity index (χ3n) is 7.22. The molecule has 0 spiro atoms. The molecule has 3 aromatic rings. The summed E-state index contributed by atoms with van der Waals surface area (Å²) in [6.45, 7) is 5.72. The molecule has 1 aromatic carbocycles. The summed E-state index contributed by atoms with van der Waals surface area (Å²) in [6, 6.07) is 14.2. The number of pyridine rings is 1. The van der Waals surface area contributed by atoms with E-state index in [1.54, 1.807) is 11.6 Å². The number of piperidine rings is 1. The number of nitrogens with zero attached hydrogens (tertiary/aromatic N) is 3. The van der Waals surface area contributed by atoms with Crippen LogP contribution in [0.3, 0.4) is 0 Å². The third-order valence-corrected chi connectivity index (χ3v) is 7.22. The van der Waals surface area contributed by atoms with Gasteiger partial charge in [0.2, 0.25) is 0 Å². The lowest BCUT2D eigenvalue weighted by atomic mass is 9.80. The monoisotopic (exact) mass is 453 g/mol.